The minimum atomic E-state index is 0.0480. The lowest BCUT2D eigenvalue weighted by Gasteiger charge is -2.07. The predicted molar refractivity (Wildman–Crippen MR) is 67.0 cm³/mol. The van der Waals surface area contributed by atoms with Crippen LogP contribution >= 0.6 is 0 Å². The van der Waals surface area contributed by atoms with E-state index in [1.54, 1.807) is 6.20 Å². The normalized spacial score (nSPS) is 12.4. The average molecular weight is 231 g/mol. The number of hydrogen-bond acceptors (Lipinski definition) is 3. The zero-order valence-electron chi connectivity index (χ0n) is 10.1. The van der Waals surface area contributed by atoms with Gasteiger partial charge in [-0.15, -0.1) is 0 Å². The van der Waals surface area contributed by atoms with E-state index < -0.39 is 0 Å². The van der Waals surface area contributed by atoms with E-state index in [1.165, 1.54) is 0 Å². The van der Waals surface area contributed by atoms with Crippen molar-refractivity contribution in [1.29, 1.82) is 0 Å². The molecule has 0 amide bonds. The van der Waals surface area contributed by atoms with Crippen LogP contribution in [-0.4, -0.2) is 9.78 Å². The SMILES string of the molecule is CCn1cc(Oc2ccc(C(C)N)cc2)cn1. The summed E-state index contributed by atoms with van der Waals surface area (Å²) in [7, 11) is 0. The summed E-state index contributed by atoms with van der Waals surface area (Å²) in [6.07, 6.45) is 3.59. The van der Waals surface area contributed by atoms with Crippen LogP contribution in [0.3, 0.4) is 0 Å². The van der Waals surface area contributed by atoms with E-state index in [9.17, 15) is 0 Å². The van der Waals surface area contributed by atoms with E-state index in [2.05, 4.69) is 5.10 Å². The lowest BCUT2D eigenvalue weighted by molar-refractivity contribution is 0.481. The van der Waals surface area contributed by atoms with Gasteiger partial charge in [-0.3, -0.25) is 4.68 Å². The van der Waals surface area contributed by atoms with Crippen LogP contribution in [0.4, 0.5) is 0 Å². The van der Waals surface area contributed by atoms with E-state index >= 15 is 0 Å². The number of hydrogen-bond donors (Lipinski definition) is 1. The van der Waals surface area contributed by atoms with Gasteiger partial charge in [0.1, 0.15) is 5.75 Å². The molecule has 1 aromatic heterocycles. The van der Waals surface area contributed by atoms with Gasteiger partial charge < -0.3 is 10.5 Å². The minimum absolute atomic E-state index is 0.0480. The van der Waals surface area contributed by atoms with Gasteiger partial charge in [-0.05, 0) is 31.5 Å². The maximum absolute atomic E-state index is 5.78. The summed E-state index contributed by atoms with van der Waals surface area (Å²) in [5.74, 6) is 1.55. The fourth-order valence-corrected chi connectivity index (χ4v) is 1.55. The summed E-state index contributed by atoms with van der Waals surface area (Å²) >= 11 is 0. The molecule has 0 aliphatic heterocycles. The highest BCUT2D eigenvalue weighted by atomic mass is 16.5. The van der Waals surface area contributed by atoms with Gasteiger partial charge in [0.25, 0.3) is 0 Å². The molecule has 1 heterocycles. The number of nitrogens with two attached hydrogens (primary N) is 1. The van der Waals surface area contributed by atoms with Crippen molar-refractivity contribution in [3.8, 4) is 11.5 Å². The maximum atomic E-state index is 5.78. The molecule has 90 valence electrons. The molecule has 2 N–H and O–H groups in total. The summed E-state index contributed by atoms with van der Waals surface area (Å²) in [5, 5.41) is 4.15. The Bertz CT molecular complexity index is 474. The Hall–Kier alpha value is -1.81. The smallest absolute Gasteiger partial charge is 0.165 e. The van der Waals surface area contributed by atoms with Crippen LogP contribution < -0.4 is 10.5 Å². The van der Waals surface area contributed by atoms with Gasteiger partial charge in [-0.25, -0.2) is 0 Å². The molecule has 0 spiro atoms. The van der Waals surface area contributed by atoms with Crippen LogP contribution in [-0.2, 0) is 6.54 Å². The Labute approximate surface area is 101 Å². The van der Waals surface area contributed by atoms with Gasteiger partial charge in [-0.2, -0.15) is 5.10 Å². The molecule has 0 saturated carbocycles. The molecular formula is C13H17N3O. The first kappa shape index (κ1) is 11.7. The second-order valence-electron chi connectivity index (χ2n) is 3.99. The monoisotopic (exact) mass is 231 g/mol. The molecule has 1 unspecified atom stereocenters. The Kier molecular flexibility index (Phi) is 3.44. The van der Waals surface area contributed by atoms with Crippen molar-refractivity contribution >= 4 is 0 Å². The average Bonchev–Trinajstić information content (AvgIpc) is 2.77. The molecule has 1 aromatic carbocycles. The van der Waals surface area contributed by atoms with Crippen molar-refractivity contribution in [2.75, 3.05) is 0 Å². The molecule has 0 radical (unpaired) electrons. The number of aryl methyl sites for hydroxylation is 1. The molecule has 4 heteroatoms. The molecule has 0 aliphatic carbocycles. The van der Waals surface area contributed by atoms with Crippen LogP contribution in [0.5, 0.6) is 11.5 Å². The van der Waals surface area contributed by atoms with Crippen molar-refractivity contribution in [2.45, 2.75) is 26.4 Å². The van der Waals surface area contributed by atoms with Gasteiger partial charge in [0.05, 0.1) is 12.4 Å². The van der Waals surface area contributed by atoms with Gasteiger partial charge in [-0.1, -0.05) is 12.1 Å². The summed E-state index contributed by atoms with van der Waals surface area (Å²) < 4.78 is 7.50. The second kappa shape index (κ2) is 5.01. The topological polar surface area (TPSA) is 53.1 Å². The maximum Gasteiger partial charge on any atom is 0.165 e. The predicted octanol–water partition coefficient (Wildman–Crippen LogP) is 2.72. The van der Waals surface area contributed by atoms with E-state index in [-0.39, 0.29) is 6.04 Å². The molecule has 2 rings (SSSR count). The molecule has 17 heavy (non-hydrogen) atoms. The largest absolute Gasteiger partial charge is 0.454 e. The standard InChI is InChI=1S/C13H17N3O/c1-3-16-9-13(8-15-16)17-12-6-4-11(5-7-12)10(2)14/h4-10H,3,14H2,1-2H3. The first-order valence-corrected chi connectivity index (χ1v) is 5.75. The van der Waals surface area contributed by atoms with Gasteiger partial charge in [0.15, 0.2) is 5.75 Å². The van der Waals surface area contributed by atoms with Crippen molar-refractivity contribution in [3.63, 3.8) is 0 Å². The van der Waals surface area contributed by atoms with Crippen LogP contribution in [0.2, 0.25) is 0 Å². The van der Waals surface area contributed by atoms with Gasteiger partial charge >= 0.3 is 0 Å². The second-order valence-corrected chi connectivity index (χ2v) is 3.99. The Morgan fingerprint density at radius 3 is 2.53 bits per heavy atom. The van der Waals surface area contributed by atoms with E-state index in [4.69, 9.17) is 10.5 Å². The molecule has 0 fully saturated rings. The Morgan fingerprint density at radius 1 is 1.29 bits per heavy atom. The molecule has 0 aliphatic rings. The minimum Gasteiger partial charge on any atom is -0.454 e. The number of ether oxygens (including phenoxy) is 1. The molecule has 0 saturated heterocycles. The molecule has 0 bridgehead atoms. The molecule has 2 aromatic rings. The van der Waals surface area contributed by atoms with Crippen LogP contribution in [0.15, 0.2) is 36.7 Å². The summed E-state index contributed by atoms with van der Waals surface area (Å²) in [6.45, 7) is 4.84. The highest BCUT2D eigenvalue weighted by molar-refractivity contribution is 5.32. The molecular weight excluding hydrogens is 214 g/mol. The number of benzene rings is 1. The lowest BCUT2D eigenvalue weighted by atomic mass is 10.1. The molecule has 4 nitrogen and oxygen atoms in total. The third kappa shape index (κ3) is 2.85. The molecule has 1 atom stereocenters. The van der Waals surface area contributed by atoms with E-state index in [1.807, 2.05) is 49.0 Å². The third-order valence-electron chi connectivity index (χ3n) is 2.58. The number of aromatic nitrogens is 2. The van der Waals surface area contributed by atoms with E-state index in [0.29, 0.717) is 0 Å². The number of nitrogens with zero attached hydrogens (tertiary/aromatic N) is 2. The van der Waals surface area contributed by atoms with Gasteiger partial charge in [0.2, 0.25) is 0 Å². The Balaban J connectivity index is 2.08. The van der Waals surface area contributed by atoms with Crippen molar-refractivity contribution in [1.82, 2.24) is 9.78 Å². The zero-order valence-corrected chi connectivity index (χ0v) is 10.1. The highest BCUT2D eigenvalue weighted by Gasteiger charge is 2.02. The first-order valence-electron chi connectivity index (χ1n) is 5.75. The first-order chi connectivity index (χ1) is 8.19. The summed E-state index contributed by atoms with van der Waals surface area (Å²) in [6, 6.07) is 7.84. The summed E-state index contributed by atoms with van der Waals surface area (Å²) in [5.41, 5.74) is 6.88. The number of rotatable bonds is 4. The van der Waals surface area contributed by atoms with Crippen molar-refractivity contribution in [3.05, 3.63) is 42.2 Å². The lowest BCUT2D eigenvalue weighted by Crippen LogP contribution is -2.04. The zero-order chi connectivity index (χ0) is 12.3. The van der Waals surface area contributed by atoms with Crippen LogP contribution in [0, 0.1) is 0 Å². The summed E-state index contributed by atoms with van der Waals surface area (Å²) in [4.78, 5) is 0. The van der Waals surface area contributed by atoms with Crippen molar-refractivity contribution in [2.24, 2.45) is 5.73 Å². The quantitative estimate of drug-likeness (QED) is 0.880. The van der Waals surface area contributed by atoms with E-state index in [0.717, 1.165) is 23.6 Å². The van der Waals surface area contributed by atoms with Crippen molar-refractivity contribution < 1.29 is 4.74 Å². The fraction of sp³-hybridized carbons (Fsp3) is 0.308. The third-order valence-corrected chi connectivity index (χ3v) is 2.58. The highest BCUT2D eigenvalue weighted by Crippen LogP contribution is 2.22. The Morgan fingerprint density at radius 2 is 2.00 bits per heavy atom. The van der Waals surface area contributed by atoms with Crippen LogP contribution in [0.25, 0.3) is 0 Å². The van der Waals surface area contributed by atoms with Gasteiger partial charge in [0, 0.05) is 12.6 Å². The fourth-order valence-electron chi connectivity index (χ4n) is 1.55. The van der Waals surface area contributed by atoms with Crippen LogP contribution in [0.1, 0.15) is 25.5 Å².